The zero-order valence-corrected chi connectivity index (χ0v) is 31.7. The van der Waals surface area contributed by atoms with E-state index in [1.165, 1.54) is 11.9 Å². The van der Waals surface area contributed by atoms with Gasteiger partial charge in [-0.1, -0.05) is 80.9 Å². The van der Waals surface area contributed by atoms with E-state index in [1.807, 2.05) is 0 Å². The Bertz CT molecular complexity index is 1500. The van der Waals surface area contributed by atoms with E-state index in [4.69, 9.17) is 20.9 Å². The van der Waals surface area contributed by atoms with Gasteiger partial charge >= 0.3 is 5.97 Å². The maximum Gasteiger partial charge on any atom is 0.307 e. The van der Waals surface area contributed by atoms with Crippen LogP contribution in [0, 0.1) is 62.1 Å². The SMILES string of the molecule is CC(C)[C@@H](C)[C@@]1(C)CC[C@]2(C)[C@H]3CC[C@@H]4[C@@]5(COC[C@]4(C)[C@@H](OC[C@H](N)C(C)(C)C)[C@H](n4ncnc4C(N)=O)C5)C3=CC[C@@]2(C)[C@@H]1C(=O)O. The average Bonchev–Trinajstić information content (AvgIpc) is 3.50. The number of aromatic nitrogens is 3. The first-order valence-corrected chi connectivity index (χ1v) is 18.8. The molecule has 4 aliphatic carbocycles. The van der Waals surface area contributed by atoms with Crippen LogP contribution in [0.15, 0.2) is 18.0 Å². The van der Waals surface area contributed by atoms with Gasteiger partial charge in [0.25, 0.3) is 5.91 Å². The highest BCUT2D eigenvalue weighted by atomic mass is 16.5. The molecule has 5 N–H and O–H groups in total. The summed E-state index contributed by atoms with van der Waals surface area (Å²) in [5.74, 6) is -0.393. The number of nitrogens with zero attached hydrogens (tertiary/aromatic N) is 3. The maximum absolute atomic E-state index is 13.5. The third-order valence-electron chi connectivity index (χ3n) is 15.8. The van der Waals surface area contributed by atoms with Gasteiger partial charge in [-0.15, -0.1) is 0 Å². The number of carboxylic acids is 1. The topological polar surface area (TPSA) is 156 Å². The largest absolute Gasteiger partial charge is 0.481 e. The van der Waals surface area contributed by atoms with Crippen molar-refractivity contribution >= 4 is 11.9 Å². The third-order valence-corrected chi connectivity index (χ3v) is 15.8. The summed E-state index contributed by atoms with van der Waals surface area (Å²) >= 11 is 0. The number of hydrogen-bond acceptors (Lipinski definition) is 7. The Labute approximate surface area is 293 Å². The number of carbonyl (C=O) groups is 2. The van der Waals surface area contributed by atoms with Gasteiger partial charge in [0.1, 0.15) is 6.33 Å². The number of allylic oxidation sites excluding steroid dienone is 1. The van der Waals surface area contributed by atoms with Crippen LogP contribution in [0.25, 0.3) is 0 Å². The predicted octanol–water partition coefficient (Wildman–Crippen LogP) is 6.27. The van der Waals surface area contributed by atoms with Crippen LogP contribution >= 0.6 is 0 Å². The first kappa shape index (κ1) is 36.5. The molecule has 2 heterocycles. The Morgan fingerprint density at radius 2 is 1.80 bits per heavy atom. The molecule has 1 saturated heterocycles. The number of nitrogens with two attached hydrogens (primary N) is 2. The second-order valence-electron chi connectivity index (χ2n) is 19.2. The van der Waals surface area contributed by atoms with Gasteiger partial charge in [-0.05, 0) is 83.9 Å². The minimum Gasteiger partial charge on any atom is -0.481 e. The van der Waals surface area contributed by atoms with Crippen molar-refractivity contribution < 1.29 is 24.2 Å². The lowest BCUT2D eigenvalue weighted by molar-refractivity contribution is -0.251. The molecule has 2 bridgehead atoms. The summed E-state index contributed by atoms with van der Waals surface area (Å²) in [5, 5.41) is 15.7. The molecule has 1 aliphatic heterocycles. The molecular weight excluding hydrogens is 618 g/mol. The molecule has 4 fully saturated rings. The molecule has 49 heavy (non-hydrogen) atoms. The highest BCUT2D eigenvalue weighted by Crippen LogP contribution is 2.75. The molecule has 274 valence electrons. The zero-order valence-electron chi connectivity index (χ0n) is 31.7. The highest BCUT2D eigenvalue weighted by Gasteiger charge is 2.72. The van der Waals surface area contributed by atoms with Crippen LogP contribution in [0.1, 0.15) is 124 Å². The lowest BCUT2D eigenvalue weighted by Gasteiger charge is -2.71. The Morgan fingerprint density at radius 3 is 2.41 bits per heavy atom. The van der Waals surface area contributed by atoms with Gasteiger partial charge in [-0.3, -0.25) is 9.59 Å². The Balaban J connectivity index is 1.46. The van der Waals surface area contributed by atoms with Gasteiger partial charge < -0.3 is 26.0 Å². The summed E-state index contributed by atoms with van der Waals surface area (Å²) in [7, 11) is 0. The van der Waals surface area contributed by atoms with Gasteiger partial charge in [0, 0.05) is 16.9 Å². The van der Waals surface area contributed by atoms with E-state index >= 15 is 0 Å². The maximum atomic E-state index is 13.5. The van der Waals surface area contributed by atoms with Crippen LogP contribution < -0.4 is 11.5 Å². The molecule has 5 aliphatic rings. The molecule has 0 aromatic carbocycles. The van der Waals surface area contributed by atoms with Crippen LogP contribution in [0.3, 0.4) is 0 Å². The fourth-order valence-corrected chi connectivity index (χ4v) is 12.2. The van der Waals surface area contributed by atoms with Gasteiger partial charge in [0.2, 0.25) is 5.82 Å². The third kappa shape index (κ3) is 5.11. The first-order chi connectivity index (χ1) is 22.7. The number of primary amides is 1. The number of ether oxygens (including phenoxy) is 2. The molecule has 1 amide bonds. The van der Waals surface area contributed by atoms with Gasteiger partial charge in [0.15, 0.2) is 0 Å². The highest BCUT2D eigenvalue weighted by molar-refractivity contribution is 5.89. The lowest BCUT2D eigenvalue weighted by Crippen LogP contribution is -2.69. The fraction of sp³-hybridized carbons (Fsp3) is 0.846. The number of carbonyl (C=O) groups excluding carboxylic acids is 1. The Morgan fingerprint density at radius 1 is 1.10 bits per heavy atom. The van der Waals surface area contributed by atoms with Crippen molar-refractivity contribution in [3.8, 4) is 0 Å². The lowest BCUT2D eigenvalue weighted by atomic mass is 9.34. The van der Waals surface area contributed by atoms with E-state index in [0.29, 0.717) is 32.2 Å². The molecule has 1 aromatic rings. The van der Waals surface area contributed by atoms with E-state index in [1.54, 1.807) is 4.68 Å². The molecule has 0 spiro atoms. The molecule has 6 rings (SSSR count). The molecule has 0 radical (unpaired) electrons. The van der Waals surface area contributed by atoms with Gasteiger partial charge in [-0.25, -0.2) is 9.67 Å². The Kier molecular flexibility index (Phi) is 8.84. The van der Waals surface area contributed by atoms with Crippen LogP contribution in [0.2, 0.25) is 0 Å². The second-order valence-corrected chi connectivity index (χ2v) is 19.2. The zero-order chi connectivity index (χ0) is 36.1. The average molecular weight is 682 g/mol. The van der Waals surface area contributed by atoms with E-state index < -0.39 is 28.6 Å². The summed E-state index contributed by atoms with van der Waals surface area (Å²) in [4.78, 5) is 30.4. The minimum atomic E-state index is -0.656. The number of aliphatic carboxylic acids is 1. The van der Waals surface area contributed by atoms with Crippen molar-refractivity contribution in [2.24, 2.45) is 73.5 Å². The number of hydrogen-bond donors (Lipinski definition) is 3. The predicted molar refractivity (Wildman–Crippen MR) is 188 cm³/mol. The molecule has 0 unspecified atom stereocenters. The molecule has 10 heteroatoms. The molecule has 1 aromatic heterocycles. The number of amides is 1. The minimum absolute atomic E-state index is 0.135. The van der Waals surface area contributed by atoms with E-state index in [-0.39, 0.29) is 63.4 Å². The molecular formula is C39H63N5O5. The molecule has 12 atom stereocenters. The summed E-state index contributed by atoms with van der Waals surface area (Å²) in [6, 6.07) is -0.498. The van der Waals surface area contributed by atoms with Crippen molar-refractivity contribution in [2.75, 3.05) is 19.8 Å². The van der Waals surface area contributed by atoms with Crippen LogP contribution in [0.4, 0.5) is 0 Å². The number of rotatable bonds is 8. The van der Waals surface area contributed by atoms with Crippen LogP contribution in [0.5, 0.6) is 0 Å². The molecule has 10 nitrogen and oxygen atoms in total. The monoisotopic (exact) mass is 681 g/mol. The number of fused-ring (bicyclic) bond motifs is 3. The van der Waals surface area contributed by atoms with Crippen LogP contribution in [-0.2, 0) is 14.3 Å². The van der Waals surface area contributed by atoms with Crippen LogP contribution in [-0.4, -0.2) is 63.7 Å². The summed E-state index contributed by atoms with van der Waals surface area (Å²) in [5.41, 5.74) is 12.2. The van der Waals surface area contributed by atoms with Crippen molar-refractivity contribution in [1.82, 2.24) is 14.8 Å². The smallest absolute Gasteiger partial charge is 0.307 e. The second kappa shape index (κ2) is 11.9. The normalized spacial score (nSPS) is 43.1. The number of carboxylic acid groups (broad SMARTS) is 1. The van der Waals surface area contributed by atoms with Gasteiger partial charge in [-0.2, -0.15) is 5.10 Å². The van der Waals surface area contributed by atoms with Crippen molar-refractivity contribution in [1.29, 1.82) is 0 Å². The van der Waals surface area contributed by atoms with Crippen molar-refractivity contribution in [3.63, 3.8) is 0 Å². The van der Waals surface area contributed by atoms with Crippen molar-refractivity contribution in [3.05, 3.63) is 23.8 Å². The summed E-state index contributed by atoms with van der Waals surface area (Å²) in [6.07, 6.45) is 8.83. The van der Waals surface area contributed by atoms with E-state index in [0.717, 1.165) is 32.1 Å². The quantitative estimate of drug-likeness (QED) is 0.272. The first-order valence-electron chi connectivity index (χ1n) is 18.8. The standard InChI is InChI=1S/C39H63N5O5/c1-22(2)23(3)35(7)15-16-37(9)24-11-12-27-36(8)19-48-20-39(27,25(24)13-14-38(37,10)29(35)33(46)47)17-26(44-32(31(41)45)42-21-43-44)30(36)49-18-28(40)34(4,5)6/h13,21-24,26-30H,11-12,14-20,40H2,1-10H3,(H2,41,45)(H,46,47)/t23-,24+,26-,27+,28+,29-,30+,35-,36+,37-,38+,39+/m1/s1. The van der Waals surface area contributed by atoms with E-state index in [9.17, 15) is 14.7 Å². The summed E-state index contributed by atoms with van der Waals surface area (Å²) in [6.45, 7) is 23.8. The van der Waals surface area contributed by atoms with Gasteiger partial charge in [0.05, 0.1) is 37.9 Å². The van der Waals surface area contributed by atoms with Crippen molar-refractivity contribution in [2.45, 2.75) is 126 Å². The fourth-order valence-electron chi connectivity index (χ4n) is 12.2. The summed E-state index contributed by atoms with van der Waals surface area (Å²) < 4.78 is 15.3. The Hall–Kier alpha value is -2.30. The van der Waals surface area contributed by atoms with E-state index in [2.05, 4.69) is 85.4 Å². The molecule has 3 saturated carbocycles.